The topological polar surface area (TPSA) is 58.4 Å². The molecule has 1 aliphatic heterocycles. The molecule has 21 heavy (non-hydrogen) atoms. The quantitative estimate of drug-likeness (QED) is 0.878. The van der Waals surface area contributed by atoms with Crippen molar-refractivity contribution < 1.29 is 4.79 Å². The lowest BCUT2D eigenvalue weighted by Gasteiger charge is -2.35. The Hall–Kier alpha value is -1.26. The zero-order valence-corrected chi connectivity index (χ0v) is 12.9. The van der Waals surface area contributed by atoms with Gasteiger partial charge in [-0.25, -0.2) is 0 Å². The number of piperidine rings is 1. The SMILES string of the molecule is NC(=O)C1CCCCN1c1ccc(CNC2CC2)c(Cl)c1. The molecule has 3 rings (SSSR count). The number of hydrogen-bond donors (Lipinski definition) is 2. The standard InChI is InChI=1S/C16H22ClN3O/c17-14-9-13(7-4-11(14)10-19-12-5-6-12)20-8-2-1-3-15(20)16(18)21/h4,7,9,12,15,19H,1-3,5-6,8,10H2,(H2,18,21). The smallest absolute Gasteiger partial charge is 0.240 e. The van der Waals surface area contributed by atoms with E-state index < -0.39 is 0 Å². The molecule has 1 aromatic rings. The van der Waals surface area contributed by atoms with Gasteiger partial charge >= 0.3 is 0 Å². The molecule has 1 aromatic carbocycles. The highest BCUT2D eigenvalue weighted by molar-refractivity contribution is 6.31. The minimum absolute atomic E-state index is 0.203. The van der Waals surface area contributed by atoms with Gasteiger partial charge in [-0.15, -0.1) is 0 Å². The van der Waals surface area contributed by atoms with Crippen molar-refractivity contribution in [2.24, 2.45) is 5.73 Å². The van der Waals surface area contributed by atoms with E-state index in [0.717, 1.165) is 48.6 Å². The van der Waals surface area contributed by atoms with Crippen LogP contribution in [0.25, 0.3) is 0 Å². The van der Waals surface area contributed by atoms with Crippen molar-refractivity contribution in [3.8, 4) is 0 Å². The first kappa shape index (κ1) is 14.7. The van der Waals surface area contributed by atoms with Gasteiger partial charge in [0.1, 0.15) is 6.04 Å². The minimum atomic E-state index is -0.245. The molecule has 1 atom stereocenters. The van der Waals surface area contributed by atoms with Gasteiger partial charge in [-0.1, -0.05) is 17.7 Å². The fourth-order valence-electron chi connectivity index (χ4n) is 2.94. The summed E-state index contributed by atoms with van der Waals surface area (Å²) in [6, 6.07) is 6.54. The van der Waals surface area contributed by atoms with Gasteiger partial charge in [-0.05, 0) is 49.8 Å². The largest absolute Gasteiger partial charge is 0.368 e. The van der Waals surface area contributed by atoms with E-state index in [9.17, 15) is 4.79 Å². The zero-order chi connectivity index (χ0) is 14.8. The van der Waals surface area contributed by atoms with Crippen LogP contribution in [-0.4, -0.2) is 24.5 Å². The molecule has 0 spiro atoms. The van der Waals surface area contributed by atoms with E-state index in [-0.39, 0.29) is 11.9 Å². The molecule has 1 aliphatic carbocycles. The highest BCUT2D eigenvalue weighted by Crippen LogP contribution is 2.29. The number of benzene rings is 1. The molecule has 3 N–H and O–H groups in total. The van der Waals surface area contributed by atoms with Crippen molar-refractivity contribution in [2.45, 2.75) is 50.7 Å². The fraction of sp³-hybridized carbons (Fsp3) is 0.562. The van der Waals surface area contributed by atoms with E-state index in [2.05, 4.69) is 22.3 Å². The lowest BCUT2D eigenvalue weighted by atomic mass is 10.0. The van der Waals surface area contributed by atoms with E-state index in [0.29, 0.717) is 6.04 Å². The number of anilines is 1. The Kier molecular flexibility index (Phi) is 4.36. The van der Waals surface area contributed by atoms with Crippen LogP contribution in [0.5, 0.6) is 0 Å². The zero-order valence-electron chi connectivity index (χ0n) is 12.1. The summed E-state index contributed by atoms with van der Waals surface area (Å²) in [7, 11) is 0. The van der Waals surface area contributed by atoms with Crippen LogP contribution in [0.15, 0.2) is 18.2 Å². The summed E-state index contributed by atoms with van der Waals surface area (Å²) in [6.07, 6.45) is 5.51. The number of primary amides is 1. The van der Waals surface area contributed by atoms with Crippen molar-refractivity contribution >= 4 is 23.2 Å². The predicted molar refractivity (Wildman–Crippen MR) is 85.5 cm³/mol. The number of hydrogen-bond acceptors (Lipinski definition) is 3. The van der Waals surface area contributed by atoms with Crippen LogP contribution in [0.1, 0.15) is 37.7 Å². The summed E-state index contributed by atoms with van der Waals surface area (Å²) in [5, 5.41) is 4.23. The Morgan fingerprint density at radius 2 is 2.14 bits per heavy atom. The van der Waals surface area contributed by atoms with E-state index >= 15 is 0 Å². The van der Waals surface area contributed by atoms with E-state index in [1.54, 1.807) is 0 Å². The van der Waals surface area contributed by atoms with E-state index in [1.807, 2.05) is 6.07 Å². The average Bonchev–Trinajstić information content (AvgIpc) is 3.30. The molecule has 1 saturated carbocycles. The molecule has 1 saturated heterocycles. The van der Waals surface area contributed by atoms with Gasteiger partial charge < -0.3 is 16.0 Å². The highest BCUT2D eigenvalue weighted by atomic mass is 35.5. The van der Waals surface area contributed by atoms with Gasteiger partial charge in [0.25, 0.3) is 0 Å². The number of nitrogens with one attached hydrogen (secondary N) is 1. The summed E-state index contributed by atoms with van der Waals surface area (Å²) in [4.78, 5) is 13.7. The highest BCUT2D eigenvalue weighted by Gasteiger charge is 2.27. The Balaban J connectivity index is 1.74. The van der Waals surface area contributed by atoms with Crippen molar-refractivity contribution in [1.82, 2.24) is 5.32 Å². The van der Waals surface area contributed by atoms with Crippen LogP contribution in [0, 0.1) is 0 Å². The van der Waals surface area contributed by atoms with Gasteiger partial charge in [0.15, 0.2) is 0 Å². The van der Waals surface area contributed by atoms with E-state index in [1.165, 1.54) is 12.8 Å². The number of rotatable bonds is 5. The number of nitrogens with two attached hydrogens (primary N) is 1. The second-order valence-electron chi connectivity index (χ2n) is 6.04. The molecular formula is C16H22ClN3O. The van der Waals surface area contributed by atoms with Crippen molar-refractivity contribution in [3.05, 3.63) is 28.8 Å². The van der Waals surface area contributed by atoms with Gasteiger partial charge in [-0.2, -0.15) is 0 Å². The average molecular weight is 308 g/mol. The molecule has 0 aromatic heterocycles. The minimum Gasteiger partial charge on any atom is -0.368 e. The normalized spacial score (nSPS) is 22.3. The molecule has 1 amide bonds. The van der Waals surface area contributed by atoms with Crippen molar-refractivity contribution in [1.29, 1.82) is 0 Å². The maximum Gasteiger partial charge on any atom is 0.240 e. The van der Waals surface area contributed by atoms with Crippen LogP contribution in [-0.2, 0) is 11.3 Å². The molecule has 1 unspecified atom stereocenters. The third-order valence-electron chi connectivity index (χ3n) is 4.36. The maximum atomic E-state index is 11.6. The van der Waals surface area contributed by atoms with Gasteiger partial charge in [-0.3, -0.25) is 4.79 Å². The fourth-order valence-corrected chi connectivity index (χ4v) is 3.18. The molecule has 2 fully saturated rings. The number of carbonyl (C=O) groups excluding carboxylic acids is 1. The van der Waals surface area contributed by atoms with Gasteiger partial charge in [0.05, 0.1) is 0 Å². The van der Waals surface area contributed by atoms with Gasteiger partial charge in [0, 0.05) is 29.8 Å². The predicted octanol–water partition coefficient (Wildman–Crippen LogP) is 2.44. The summed E-state index contributed by atoms with van der Waals surface area (Å²) in [5.41, 5.74) is 7.64. The summed E-state index contributed by atoms with van der Waals surface area (Å²) in [6.45, 7) is 1.67. The van der Waals surface area contributed by atoms with Crippen LogP contribution in [0.3, 0.4) is 0 Å². The van der Waals surface area contributed by atoms with Crippen LogP contribution >= 0.6 is 11.6 Å². The molecular weight excluding hydrogens is 286 g/mol. The molecule has 114 valence electrons. The Labute approximate surface area is 130 Å². The first-order valence-corrected chi connectivity index (χ1v) is 8.11. The number of halogens is 1. The summed E-state index contributed by atoms with van der Waals surface area (Å²) in [5.74, 6) is -0.245. The van der Waals surface area contributed by atoms with Crippen LogP contribution < -0.4 is 16.0 Å². The third-order valence-corrected chi connectivity index (χ3v) is 4.71. The number of nitrogens with zero attached hydrogens (tertiary/aromatic N) is 1. The second kappa shape index (κ2) is 6.24. The summed E-state index contributed by atoms with van der Waals surface area (Å²) < 4.78 is 0. The lowest BCUT2D eigenvalue weighted by Crippen LogP contribution is -2.47. The van der Waals surface area contributed by atoms with Crippen LogP contribution in [0.4, 0.5) is 5.69 Å². The van der Waals surface area contributed by atoms with Gasteiger partial charge in [0.2, 0.25) is 5.91 Å². The Morgan fingerprint density at radius 3 is 2.81 bits per heavy atom. The number of amides is 1. The van der Waals surface area contributed by atoms with E-state index in [4.69, 9.17) is 17.3 Å². The first-order chi connectivity index (χ1) is 10.1. The molecule has 1 heterocycles. The second-order valence-corrected chi connectivity index (χ2v) is 6.45. The Morgan fingerprint density at radius 1 is 1.33 bits per heavy atom. The third kappa shape index (κ3) is 3.50. The lowest BCUT2D eigenvalue weighted by molar-refractivity contribution is -0.119. The molecule has 0 bridgehead atoms. The molecule has 4 nitrogen and oxygen atoms in total. The Bertz CT molecular complexity index is 530. The molecule has 5 heteroatoms. The van der Waals surface area contributed by atoms with Crippen molar-refractivity contribution in [2.75, 3.05) is 11.4 Å². The number of carbonyl (C=O) groups is 1. The monoisotopic (exact) mass is 307 g/mol. The summed E-state index contributed by atoms with van der Waals surface area (Å²) >= 11 is 6.40. The molecule has 0 radical (unpaired) electrons. The molecule has 2 aliphatic rings. The van der Waals surface area contributed by atoms with Crippen LogP contribution in [0.2, 0.25) is 5.02 Å². The van der Waals surface area contributed by atoms with Crippen molar-refractivity contribution in [3.63, 3.8) is 0 Å². The maximum absolute atomic E-state index is 11.6. The first-order valence-electron chi connectivity index (χ1n) is 7.73.